The lowest BCUT2D eigenvalue weighted by Crippen LogP contribution is -2.35. The highest BCUT2D eigenvalue weighted by Gasteiger charge is 2.22. The number of likely N-dealkylation sites (tertiary alicyclic amines) is 1. The second-order valence-electron chi connectivity index (χ2n) is 5.44. The molecule has 1 aromatic rings. The summed E-state index contributed by atoms with van der Waals surface area (Å²) in [6.45, 7) is 5.26. The number of carbonyl (C=O) groups excluding carboxylic acids is 2. The standard InChI is InChI=1S/C15H20ClN3O2/c1-10(2)17-15(21)18-13-9-11(16)5-6-12(13)14(20)19-7-3-4-8-19/h5-6,9-10H,3-4,7-8H2,1-2H3,(H2,17,18,21). The normalized spacial score (nSPS) is 14.4. The maximum Gasteiger partial charge on any atom is 0.319 e. The average Bonchev–Trinajstić information content (AvgIpc) is 2.90. The van der Waals surface area contributed by atoms with Gasteiger partial charge in [-0.3, -0.25) is 4.79 Å². The van der Waals surface area contributed by atoms with E-state index < -0.39 is 0 Å². The van der Waals surface area contributed by atoms with Crippen LogP contribution in [0.3, 0.4) is 0 Å². The van der Waals surface area contributed by atoms with Gasteiger partial charge in [-0.25, -0.2) is 4.79 Å². The van der Waals surface area contributed by atoms with Crippen LogP contribution < -0.4 is 10.6 Å². The van der Waals surface area contributed by atoms with E-state index in [4.69, 9.17) is 11.6 Å². The van der Waals surface area contributed by atoms with Gasteiger partial charge in [-0.2, -0.15) is 0 Å². The molecule has 1 saturated heterocycles. The first-order valence-electron chi connectivity index (χ1n) is 7.13. The zero-order valence-corrected chi connectivity index (χ0v) is 13.0. The van der Waals surface area contributed by atoms with Crippen LogP contribution in [0.1, 0.15) is 37.0 Å². The van der Waals surface area contributed by atoms with Gasteiger partial charge in [0.2, 0.25) is 0 Å². The van der Waals surface area contributed by atoms with E-state index >= 15 is 0 Å². The molecule has 2 N–H and O–H groups in total. The van der Waals surface area contributed by atoms with Crippen molar-refractivity contribution in [3.05, 3.63) is 28.8 Å². The van der Waals surface area contributed by atoms with Crippen molar-refractivity contribution in [2.75, 3.05) is 18.4 Å². The fraction of sp³-hybridized carbons (Fsp3) is 0.467. The number of amides is 3. The molecule has 0 atom stereocenters. The Bertz CT molecular complexity index is 540. The highest BCUT2D eigenvalue weighted by molar-refractivity contribution is 6.31. The molecule has 1 aliphatic heterocycles. The maximum absolute atomic E-state index is 12.5. The Balaban J connectivity index is 2.20. The number of urea groups is 1. The summed E-state index contributed by atoms with van der Waals surface area (Å²) in [4.78, 5) is 26.1. The predicted molar refractivity (Wildman–Crippen MR) is 83.9 cm³/mol. The lowest BCUT2D eigenvalue weighted by Gasteiger charge is -2.18. The predicted octanol–water partition coefficient (Wildman–Crippen LogP) is 3.11. The SMILES string of the molecule is CC(C)NC(=O)Nc1cc(Cl)ccc1C(=O)N1CCCC1. The second-order valence-corrected chi connectivity index (χ2v) is 5.88. The molecule has 2 rings (SSSR count). The lowest BCUT2D eigenvalue weighted by molar-refractivity contribution is 0.0794. The molecule has 1 aromatic carbocycles. The summed E-state index contributed by atoms with van der Waals surface area (Å²) >= 11 is 5.97. The molecule has 1 heterocycles. The molecule has 6 heteroatoms. The van der Waals surface area contributed by atoms with Crippen LogP contribution in [0.25, 0.3) is 0 Å². The van der Waals surface area contributed by atoms with Crippen LogP contribution in [0, 0.1) is 0 Å². The van der Waals surface area contributed by atoms with Gasteiger partial charge in [-0.15, -0.1) is 0 Å². The van der Waals surface area contributed by atoms with Crippen molar-refractivity contribution in [1.82, 2.24) is 10.2 Å². The summed E-state index contributed by atoms with van der Waals surface area (Å²) in [7, 11) is 0. The Kier molecular flexibility index (Phi) is 5.07. The van der Waals surface area contributed by atoms with Crippen molar-refractivity contribution in [2.45, 2.75) is 32.7 Å². The summed E-state index contributed by atoms with van der Waals surface area (Å²) in [5.74, 6) is -0.0657. The van der Waals surface area contributed by atoms with E-state index in [-0.39, 0.29) is 18.0 Å². The van der Waals surface area contributed by atoms with E-state index in [2.05, 4.69) is 10.6 Å². The summed E-state index contributed by atoms with van der Waals surface area (Å²) in [5.41, 5.74) is 0.915. The molecule has 1 aliphatic rings. The number of benzene rings is 1. The van der Waals surface area contributed by atoms with Crippen molar-refractivity contribution >= 4 is 29.2 Å². The van der Waals surface area contributed by atoms with Gasteiger partial charge < -0.3 is 15.5 Å². The van der Waals surface area contributed by atoms with E-state index in [0.717, 1.165) is 25.9 Å². The smallest absolute Gasteiger partial charge is 0.319 e. The molecule has 1 fully saturated rings. The molecule has 0 spiro atoms. The van der Waals surface area contributed by atoms with Gasteiger partial charge >= 0.3 is 6.03 Å². The molecule has 0 aliphatic carbocycles. The summed E-state index contributed by atoms with van der Waals surface area (Å²) < 4.78 is 0. The first kappa shape index (κ1) is 15.6. The number of nitrogens with zero attached hydrogens (tertiary/aromatic N) is 1. The summed E-state index contributed by atoms with van der Waals surface area (Å²) in [6.07, 6.45) is 2.05. The highest BCUT2D eigenvalue weighted by atomic mass is 35.5. The topological polar surface area (TPSA) is 61.4 Å². The van der Waals surface area contributed by atoms with Gasteiger partial charge in [0.05, 0.1) is 11.3 Å². The average molecular weight is 310 g/mol. The number of carbonyl (C=O) groups is 2. The van der Waals surface area contributed by atoms with Crippen LogP contribution in [0.2, 0.25) is 5.02 Å². The van der Waals surface area contributed by atoms with Gasteiger partial charge in [0.25, 0.3) is 5.91 Å². The Morgan fingerprint density at radius 1 is 1.24 bits per heavy atom. The number of rotatable bonds is 3. The third-order valence-electron chi connectivity index (χ3n) is 3.27. The minimum atomic E-state index is -0.345. The van der Waals surface area contributed by atoms with E-state index in [9.17, 15) is 9.59 Å². The second kappa shape index (κ2) is 6.80. The van der Waals surface area contributed by atoms with Crippen molar-refractivity contribution in [2.24, 2.45) is 0 Å². The number of hydrogen-bond donors (Lipinski definition) is 2. The maximum atomic E-state index is 12.5. The number of nitrogens with one attached hydrogen (secondary N) is 2. The van der Waals surface area contributed by atoms with Gasteiger partial charge in [0.15, 0.2) is 0 Å². The highest BCUT2D eigenvalue weighted by Crippen LogP contribution is 2.24. The summed E-state index contributed by atoms with van der Waals surface area (Å²) in [5, 5.41) is 5.91. The minimum absolute atomic E-state index is 0.0157. The Morgan fingerprint density at radius 2 is 1.90 bits per heavy atom. The van der Waals surface area contributed by atoms with Gasteiger partial charge in [0.1, 0.15) is 0 Å². The third kappa shape index (κ3) is 4.11. The largest absolute Gasteiger partial charge is 0.339 e. The van der Waals surface area contributed by atoms with Gasteiger partial charge in [-0.05, 0) is 44.9 Å². The molecule has 0 saturated carbocycles. The molecule has 21 heavy (non-hydrogen) atoms. The van der Waals surface area contributed by atoms with Crippen molar-refractivity contribution in [1.29, 1.82) is 0 Å². The molecule has 0 bridgehead atoms. The fourth-order valence-electron chi connectivity index (χ4n) is 2.32. The molecule has 0 unspecified atom stereocenters. The zero-order valence-electron chi connectivity index (χ0n) is 12.3. The zero-order chi connectivity index (χ0) is 15.4. The van der Waals surface area contributed by atoms with Crippen LogP contribution in [-0.4, -0.2) is 36.0 Å². The number of hydrogen-bond acceptors (Lipinski definition) is 2. The molecule has 3 amide bonds. The first-order chi connectivity index (χ1) is 9.97. The van der Waals surface area contributed by atoms with Gasteiger partial charge in [0, 0.05) is 24.2 Å². The van der Waals surface area contributed by atoms with Crippen molar-refractivity contribution in [3.63, 3.8) is 0 Å². The van der Waals surface area contributed by atoms with E-state index in [1.165, 1.54) is 0 Å². The van der Waals surface area contributed by atoms with Crippen molar-refractivity contribution < 1.29 is 9.59 Å². The van der Waals surface area contributed by atoms with Gasteiger partial charge in [-0.1, -0.05) is 11.6 Å². The monoisotopic (exact) mass is 309 g/mol. The molecular formula is C15H20ClN3O2. The van der Waals surface area contributed by atoms with Crippen LogP contribution in [-0.2, 0) is 0 Å². The van der Waals surface area contributed by atoms with E-state index in [0.29, 0.717) is 16.3 Å². The van der Waals surface area contributed by atoms with Crippen LogP contribution in [0.15, 0.2) is 18.2 Å². The third-order valence-corrected chi connectivity index (χ3v) is 3.51. The number of anilines is 1. The van der Waals surface area contributed by atoms with E-state index in [1.807, 2.05) is 13.8 Å². The van der Waals surface area contributed by atoms with Crippen molar-refractivity contribution in [3.8, 4) is 0 Å². The minimum Gasteiger partial charge on any atom is -0.339 e. The molecule has 0 aromatic heterocycles. The summed E-state index contributed by atoms with van der Waals surface area (Å²) in [6, 6.07) is 4.60. The molecule has 5 nitrogen and oxygen atoms in total. The quantitative estimate of drug-likeness (QED) is 0.901. The lowest BCUT2D eigenvalue weighted by atomic mass is 10.1. The molecule has 0 radical (unpaired) electrons. The number of halogens is 1. The molecule has 114 valence electrons. The first-order valence-corrected chi connectivity index (χ1v) is 7.51. The van der Waals surface area contributed by atoms with Crippen LogP contribution in [0.4, 0.5) is 10.5 Å². The Morgan fingerprint density at radius 3 is 2.52 bits per heavy atom. The van der Waals surface area contributed by atoms with Crippen LogP contribution in [0.5, 0.6) is 0 Å². The Hall–Kier alpha value is -1.75. The fourth-order valence-corrected chi connectivity index (χ4v) is 2.49. The van der Waals surface area contributed by atoms with E-state index in [1.54, 1.807) is 23.1 Å². The Labute approximate surface area is 129 Å². The van der Waals surface area contributed by atoms with Crippen LogP contribution >= 0.6 is 11.6 Å². The molecular weight excluding hydrogens is 290 g/mol.